The van der Waals surface area contributed by atoms with Gasteiger partial charge in [-0.25, -0.2) is 4.39 Å². The highest BCUT2D eigenvalue weighted by molar-refractivity contribution is 6.03. The maximum Gasteiger partial charge on any atom is 0.258 e. The average molecular weight is 371 g/mol. The SMILES string of the molecule is CC1CC(=O)c2c(OCC(=O)NCc3ccc4c(c3)OCO4)ccc(F)c21. The van der Waals surface area contributed by atoms with Crippen LogP contribution in [0.5, 0.6) is 17.2 Å². The molecule has 2 aromatic rings. The molecule has 4 rings (SSSR count). The Labute approximate surface area is 155 Å². The highest BCUT2D eigenvalue weighted by Gasteiger charge is 2.32. The third-order valence-corrected chi connectivity index (χ3v) is 4.70. The van der Waals surface area contributed by atoms with Crippen LogP contribution in [0, 0.1) is 5.82 Å². The second-order valence-corrected chi connectivity index (χ2v) is 6.62. The zero-order chi connectivity index (χ0) is 19.0. The second-order valence-electron chi connectivity index (χ2n) is 6.62. The fraction of sp³-hybridized carbons (Fsp3) is 0.300. The van der Waals surface area contributed by atoms with E-state index in [1.165, 1.54) is 12.1 Å². The summed E-state index contributed by atoms with van der Waals surface area (Å²) in [5.41, 5.74) is 1.49. The lowest BCUT2D eigenvalue weighted by molar-refractivity contribution is -0.123. The van der Waals surface area contributed by atoms with Gasteiger partial charge in [0.15, 0.2) is 23.9 Å². The van der Waals surface area contributed by atoms with Crippen molar-refractivity contribution in [1.29, 1.82) is 0 Å². The number of ketones is 1. The third-order valence-electron chi connectivity index (χ3n) is 4.70. The Morgan fingerprint density at radius 1 is 1.26 bits per heavy atom. The smallest absolute Gasteiger partial charge is 0.258 e. The van der Waals surface area contributed by atoms with Crippen molar-refractivity contribution in [1.82, 2.24) is 5.32 Å². The molecule has 1 heterocycles. The Kier molecular flexibility index (Phi) is 4.43. The van der Waals surface area contributed by atoms with Crippen molar-refractivity contribution in [2.24, 2.45) is 0 Å². The molecule has 7 heteroatoms. The van der Waals surface area contributed by atoms with Gasteiger partial charge in [-0.2, -0.15) is 0 Å². The minimum absolute atomic E-state index is 0.159. The van der Waals surface area contributed by atoms with Gasteiger partial charge in [0.1, 0.15) is 11.6 Å². The van der Waals surface area contributed by atoms with Crippen LogP contribution < -0.4 is 19.5 Å². The molecule has 2 aromatic carbocycles. The van der Waals surface area contributed by atoms with Crippen molar-refractivity contribution in [3.8, 4) is 17.2 Å². The number of benzene rings is 2. The standard InChI is InChI=1S/C20H18FNO5/c1-11-6-14(23)20-16(5-3-13(21)19(11)20)25-9-18(24)22-8-12-2-4-15-17(7-12)27-10-26-15/h2-5,7,11H,6,8-10H2,1H3,(H,22,24). The van der Waals surface area contributed by atoms with E-state index in [-0.39, 0.29) is 48.7 Å². The number of fused-ring (bicyclic) bond motifs is 2. The minimum Gasteiger partial charge on any atom is -0.483 e. The van der Waals surface area contributed by atoms with Gasteiger partial charge in [-0.3, -0.25) is 9.59 Å². The number of hydrogen-bond acceptors (Lipinski definition) is 5. The van der Waals surface area contributed by atoms with Crippen LogP contribution in [0.1, 0.15) is 40.7 Å². The molecular weight excluding hydrogens is 353 g/mol. The van der Waals surface area contributed by atoms with Crippen molar-refractivity contribution < 1.29 is 28.2 Å². The van der Waals surface area contributed by atoms with Gasteiger partial charge in [-0.1, -0.05) is 13.0 Å². The second kappa shape index (κ2) is 6.90. The molecule has 0 saturated heterocycles. The van der Waals surface area contributed by atoms with E-state index in [2.05, 4.69) is 5.32 Å². The molecule has 0 saturated carbocycles. The predicted octanol–water partition coefficient (Wildman–Crippen LogP) is 2.94. The molecule has 0 radical (unpaired) electrons. The average Bonchev–Trinajstić information content (AvgIpc) is 3.23. The van der Waals surface area contributed by atoms with E-state index in [1.54, 1.807) is 19.1 Å². The zero-order valence-corrected chi connectivity index (χ0v) is 14.7. The molecule has 6 nitrogen and oxygen atoms in total. The van der Waals surface area contributed by atoms with Crippen LogP contribution in [-0.2, 0) is 11.3 Å². The maximum atomic E-state index is 14.0. The number of carbonyl (C=O) groups excluding carboxylic acids is 2. The summed E-state index contributed by atoms with van der Waals surface area (Å²) in [4.78, 5) is 24.2. The Hall–Kier alpha value is -3.09. The summed E-state index contributed by atoms with van der Waals surface area (Å²) < 4.78 is 30.0. The first-order valence-electron chi connectivity index (χ1n) is 8.66. The zero-order valence-electron chi connectivity index (χ0n) is 14.7. The molecule has 1 aliphatic heterocycles. The molecule has 2 aliphatic rings. The van der Waals surface area contributed by atoms with Crippen molar-refractivity contribution >= 4 is 11.7 Å². The summed E-state index contributed by atoms with van der Waals surface area (Å²) in [6.45, 7) is 2.04. The Morgan fingerprint density at radius 3 is 2.93 bits per heavy atom. The van der Waals surface area contributed by atoms with Gasteiger partial charge in [0, 0.05) is 18.5 Å². The first-order chi connectivity index (χ1) is 13.0. The van der Waals surface area contributed by atoms with Gasteiger partial charge in [0.2, 0.25) is 6.79 Å². The van der Waals surface area contributed by atoms with Gasteiger partial charge in [-0.05, 0) is 35.7 Å². The molecule has 27 heavy (non-hydrogen) atoms. The summed E-state index contributed by atoms with van der Waals surface area (Å²) in [5, 5.41) is 2.74. The molecule has 0 fully saturated rings. The van der Waals surface area contributed by atoms with E-state index < -0.39 is 5.82 Å². The third kappa shape index (κ3) is 3.32. The first kappa shape index (κ1) is 17.3. The molecule has 0 aromatic heterocycles. The summed E-state index contributed by atoms with van der Waals surface area (Å²) in [7, 11) is 0. The van der Waals surface area contributed by atoms with E-state index in [1.807, 2.05) is 6.07 Å². The van der Waals surface area contributed by atoms with E-state index in [4.69, 9.17) is 14.2 Å². The van der Waals surface area contributed by atoms with Crippen LogP contribution in [0.4, 0.5) is 4.39 Å². The highest BCUT2D eigenvalue weighted by Crippen LogP contribution is 2.39. The predicted molar refractivity (Wildman–Crippen MR) is 93.7 cm³/mol. The van der Waals surface area contributed by atoms with Crippen molar-refractivity contribution in [3.05, 3.63) is 52.8 Å². The summed E-state index contributed by atoms with van der Waals surface area (Å²) in [5.74, 6) is 0.472. The van der Waals surface area contributed by atoms with E-state index >= 15 is 0 Å². The van der Waals surface area contributed by atoms with Gasteiger partial charge in [0.25, 0.3) is 5.91 Å². The molecule has 1 amide bonds. The Bertz CT molecular complexity index is 927. The first-order valence-corrected chi connectivity index (χ1v) is 8.66. The number of halogens is 1. The highest BCUT2D eigenvalue weighted by atomic mass is 19.1. The Balaban J connectivity index is 1.37. The summed E-state index contributed by atoms with van der Waals surface area (Å²) in [6.07, 6.45) is 0.253. The maximum absolute atomic E-state index is 14.0. The number of amides is 1. The van der Waals surface area contributed by atoms with Crippen LogP contribution in [0.3, 0.4) is 0 Å². The topological polar surface area (TPSA) is 73.9 Å². The van der Waals surface area contributed by atoms with Crippen molar-refractivity contribution in [2.75, 3.05) is 13.4 Å². The molecular formula is C20H18FNO5. The molecule has 1 N–H and O–H groups in total. The molecule has 1 unspecified atom stereocenters. The minimum atomic E-state index is -0.414. The van der Waals surface area contributed by atoms with Crippen LogP contribution in [0.25, 0.3) is 0 Å². The number of rotatable bonds is 5. The molecule has 1 atom stereocenters. The lowest BCUT2D eigenvalue weighted by Gasteiger charge is -2.12. The van der Waals surface area contributed by atoms with Gasteiger partial charge in [-0.15, -0.1) is 0 Å². The van der Waals surface area contributed by atoms with E-state index in [0.717, 1.165) is 5.56 Å². The van der Waals surface area contributed by atoms with E-state index in [0.29, 0.717) is 23.6 Å². The largest absolute Gasteiger partial charge is 0.483 e. The number of carbonyl (C=O) groups is 2. The van der Waals surface area contributed by atoms with Crippen LogP contribution in [0.2, 0.25) is 0 Å². The Morgan fingerprint density at radius 2 is 2.07 bits per heavy atom. The van der Waals surface area contributed by atoms with Crippen LogP contribution in [0.15, 0.2) is 30.3 Å². The van der Waals surface area contributed by atoms with Crippen LogP contribution >= 0.6 is 0 Å². The number of nitrogens with one attached hydrogen (secondary N) is 1. The van der Waals surface area contributed by atoms with E-state index in [9.17, 15) is 14.0 Å². The van der Waals surface area contributed by atoms with Gasteiger partial charge >= 0.3 is 0 Å². The molecule has 140 valence electrons. The van der Waals surface area contributed by atoms with Crippen molar-refractivity contribution in [2.45, 2.75) is 25.8 Å². The monoisotopic (exact) mass is 371 g/mol. The fourth-order valence-corrected chi connectivity index (χ4v) is 3.39. The van der Waals surface area contributed by atoms with Crippen LogP contribution in [-0.4, -0.2) is 25.1 Å². The summed E-state index contributed by atoms with van der Waals surface area (Å²) >= 11 is 0. The van der Waals surface area contributed by atoms with Crippen molar-refractivity contribution in [3.63, 3.8) is 0 Å². The number of Topliss-reactive ketones (excluding diaryl/α,β-unsaturated/α-hetero) is 1. The molecule has 0 spiro atoms. The quantitative estimate of drug-likeness (QED) is 0.875. The normalized spacial score (nSPS) is 17.0. The fourth-order valence-electron chi connectivity index (χ4n) is 3.39. The number of ether oxygens (including phenoxy) is 3. The summed E-state index contributed by atoms with van der Waals surface area (Å²) in [6, 6.07) is 8.09. The lowest BCUT2D eigenvalue weighted by Crippen LogP contribution is -2.28. The van der Waals surface area contributed by atoms with Gasteiger partial charge < -0.3 is 19.5 Å². The molecule has 1 aliphatic carbocycles. The molecule has 0 bridgehead atoms. The number of hydrogen-bond donors (Lipinski definition) is 1. The lowest BCUT2D eigenvalue weighted by atomic mass is 10.0. The van der Waals surface area contributed by atoms with Gasteiger partial charge in [0.05, 0.1) is 5.56 Å².